The zero-order valence-electron chi connectivity index (χ0n) is 9.48. The molecule has 0 aliphatic carbocycles. The second-order valence-corrected chi connectivity index (χ2v) is 4.58. The van der Waals surface area contributed by atoms with Gasteiger partial charge in [0.15, 0.2) is 0 Å². The van der Waals surface area contributed by atoms with E-state index in [4.69, 9.17) is 14.4 Å². The van der Waals surface area contributed by atoms with Gasteiger partial charge in [-0.05, 0) is 12.5 Å². The molecule has 0 amide bonds. The second kappa shape index (κ2) is 3.90. The van der Waals surface area contributed by atoms with E-state index >= 15 is 0 Å². The van der Waals surface area contributed by atoms with E-state index in [1.807, 2.05) is 24.5 Å². The molecule has 17 heavy (non-hydrogen) atoms. The van der Waals surface area contributed by atoms with Gasteiger partial charge in [-0.1, -0.05) is 18.2 Å². The van der Waals surface area contributed by atoms with Crippen LogP contribution < -0.4 is 0 Å². The van der Waals surface area contributed by atoms with Gasteiger partial charge in [-0.25, -0.2) is 0 Å². The minimum atomic E-state index is -0.0116. The topological polar surface area (TPSA) is 46.2 Å². The van der Waals surface area contributed by atoms with E-state index in [0.717, 1.165) is 17.4 Å². The smallest absolute Gasteiger partial charge is 0.134 e. The Hall–Kier alpha value is -1.79. The van der Waals surface area contributed by atoms with Crippen LogP contribution in [0.5, 0.6) is 0 Å². The Balaban J connectivity index is 2.04. The average Bonchev–Trinajstić information content (AvgIpc) is 2.73. The molecule has 0 atom stereocenters. The minimum absolute atomic E-state index is 0.0116. The van der Waals surface area contributed by atoms with Crippen LogP contribution in [0.15, 0.2) is 34.9 Å². The molecule has 0 spiro atoms. The van der Waals surface area contributed by atoms with E-state index in [1.54, 1.807) is 0 Å². The monoisotopic (exact) mass is 227 g/mol. The Morgan fingerprint density at radius 3 is 2.82 bits per heavy atom. The fraction of sp³-hybridized carbons (Fsp3) is 0.357. The lowest BCUT2D eigenvalue weighted by Crippen LogP contribution is -2.46. The lowest BCUT2D eigenvalue weighted by molar-refractivity contribution is -0.0632. The van der Waals surface area contributed by atoms with Crippen LogP contribution in [0.3, 0.4) is 0 Å². The number of hydrogen-bond acceptors (Lipinski definition) is 3. The number of furan rings is 1. The average molecular weight is 227 g/mol. The molecule has 2 aromatic rings. The fourth-order valence-corrected chi connectivity index (χ4v) is 2.47. The molecular weight excluding hydrogens is 214 g/mol. The lowest BCUT2D eigenvalue weighted by Gasteiger charge is -2.40. The summed E-state index contributed by atoms with van der Waals surface area (Å²) >= 11 is 0. The molecule has 3 nitrogen and oxygen atoms in total. The number of benzene rings is 1. The second-order valence-electron chi connectivity index (χ2n) is 4.58. The summed E-state index contributed by atoms with van der Waals surface area (Å²) < 4.78 is 10.9. The van der Waals surface area contributed by atoms with Crippen LogP contribution in [0.4, 0.5) is 0 Å². The fourth-order valence-electron chi connectivity index (χ4n) is 2.47. The van der Waals surface area contributed by atoms with Crippen LogP contribution in [-0.2, 0) is 10.2 Å². The van der Waals surface area contributed by atoms with Crippen molar-refractivity contribution in [3.63, 3.8) is 0 Å². The molecule has 1 aromatic heterocycles. The van der Waals surface area contributed by atoms with Gasteiger partial charge in [-0.2, -0.15) is 5.26 Å². The molecule has 1 aliphatic rings. The maximum absolute atomic E-state index is 8.75. The molecule has 0 radical (unpaired) electrons. The quantitative estimate of drug-likeness (QED) is 0.809. The first kappa shape index (κ1) is 10.4. The van der Waals surface area contributed by atoms with E-state index in [1.165, 1.54) is 5.56 Å². The number of rotatable bonds is 3. The number of nitrogens with zero attached hydrogens (tertiary/aromatic N) is 1. The lowest BCUT2D eigenvalue weighted by atomic mass is 9.75. The van der Waals surface area contributed by atoms with Gasteiger partial charge in [0.25, 0.3) is 0 Å². The van der Waals surface area contributed by atoms with Crippen molar-refractivity contribution in [3.05, 3.63) is 36.1 Å². The number of para-hydroxylation sites is 1. The van der Waals surface area contributed by atoms with Gasteiger partial charge in [0, 0.05) is 22.8 Å². The van der Waals surface area contributed by atoms with Crippen molar-refractivity contribution in [2.45, 2.75) is 18.3 Å². The first-order valence-electron chi connectivity index (χ1n) is 5.77. The molecule has 0 N–H and O–H groups in total. The zero-order valence-corrected chi connectivity index (χ0v) is 9.48. The first-order valence-corrected chi connectivity index (χ1v) is 5.77. The summed E-state index contributed by atoms with van der Waals surface area (Å²) in [5.41, 5.74) is 2.09. The van der Waals surface area contributed by atoms with E-state index < -0.39 is 0 Å². The maximum atomic E-state index is 8.75. The third-order valence-corrected chi connectivity index (χ3v) is 3.52. The van der Waals surface area contributed by atoms with Gasteiger partial charge in [0.1, 0.15) is 5.58 Å². The molecule has 1 aliphatic heterocycles. The molecule has 0 bridgehead atoms. The van der Waals surface area contributed by atoms with Crippen LogP contribution in [0.25, 0.3) is 11.0 Å². The SMILES string of the molecule is N#CCCC1(c2coc3ccccc23)COC1. The summed E-state index contributed by atoms with van der Waals surface area (Å²) in [6.07, 6.45) is 3.22. The van der Waals surface area contributed by atoms with Crippen LogP contribution in [-0.4, -0.2) is 13.2 Å². The molecule has 3 heteroatoms. The van der Waals surface area contributed by atoms with Crippen LogP contribution in [0.1, 0.15) is 18.4 Å². The zero-order chi connectivity index (χ0) is 11.7. The summed E-state index contributed by atoms with van der Waals surface area (Å²) in [7, 11) is 0. The molecule has 0 saturated carbocycles. The van der Waals surface area contributed by atoms with Crippen molar-refractivity contribution in [1.29, 1.82) is 5.26 Å². The van der Waals surface area contributed by atoms with Gasteiger partial charge in [0.2, 0.25) is 0 Å². The summed E-state index contributed by atoms with van der Waals surface area (Å²) in [5.74, 6) is 0. The van der Waals surface area contributed by atoms with Crippen LogP contribution in [0.2, 0.25) is 0 Å². The highest BCUT2D eigenvalue weighted by molar-refractivity contribution is 5.82. The minimum Gasteiger partial charge on any atom is -0.464 e. The Morgan fingerprint density at radius 2 is 2.12 bits per heavy atom. The molecule has 3 rings (SSSR count). The van der Waals surface area contributed by atoms with Gasteiger partial charge >= 0.3 is 0 Å². The van der Waals surface area contributed by atoms with Crippen LogP contribution >= 0.6 is 0 Å². The molecule has 1 fully saturated rings. The molecule has 2 heterocycles. The van der Waals surface area contributed by atoms with E-state index in [-0.39, 0.29) is 5.41 Å². The predicted molar refractivity (Wildman–Crippen MR) is 63.6 cm³/mol. The largest absolute Gasteiger partial charge is 0.464 e. The highest BCUT2D eigenvalue weighted by Gasteiger charge is 2.41. The molecule has 86 valence electrons. The summed E-state index contributed by atoms with van der Waals surface area (Å²) in [6, 6.07) is 10.2. The van der Waals surface area contributed by atoms with Crippen molar-refractivity contribution in [3.8, 4) is 6.07 Å². The van der Waals surface area contributed by atoms with Crippen molar-refractivity contribution in [2.75, 3.05) is 13.2 Å². The van der Waals surface area contributed by atoms with Gasteiger partial charge < -0.3 is 9.15 Å². The van der Waals surface area contributed by atoms with Gasteiger partial charge in [-0.15, -0.1) is 0 Å². The Morgan fingerprint density at radius 1 is 1.29 bits per heavy atom. The highest BCUT2D eigenvalue weighted by atomic mass is 16.5. The molecule has 0 unspecified atom stereocenters. The summed E-state index contributed by atoms with van der Waals surface area (Å²) in [6.45, 7) is 1.39. The van der Waals surface area contributed by atoms with Gasteiger partial charge in [-0.3, -0.25) is 0 Å². The number of nitriles is 1. The standard InChI is InChI=1S/C14H13NO2/c15-7-3-6-14(9-16-10-14)12-8-17-13-5-2-1-4-11(12)13/h1-2,4-5,8H,3,6,9-10H2. The first-order chi connectivity index (χ1) is 8.36. The number of ether oxygens (including phenoxy) is 1. The predicted octanol–water partition coefficient (Wildman–Crippen LogP) is 3.00. The Kier molecular flexibility index (Phi) is 2.38. The van der Waals surface area contributed by atoms with E-state index in [2.05, 4.69) is 12.1 Å². The summed E-state index contributed by atoms with van der Waals surface area (Å²) in [5, 5.41) is 9.89. The highest BCUT2D eigenvalue weighted by Crippen LogP contribution is 2.41. The van der Waals surface area contributed by atoms with Crippen molar-refractivity contribution < 1.29 is 9.15 Å². The Bertz CT molecular complexity index is 575. The third-order valence-electron chi connectivity index (χ3n) is 3.52. The number of fused-ring (bicyclic) bond motifs is 1. The van der Waals surface area contributed by atoms with E-state index in [0.29, 0.717) is 19.6 Å². The van der Waals surface area contributed by atoms with Crippen molar-refractivity contribution in [1.82, 2.24) is 0 Å². The molecule has 1 aromatic carbocycles. The number of hydrogen-bond donors (Lipinski definition) is 0. The van der Waals surface area contributed by atoms with E-state index in [9.17, 15) is 0 Å². The van der Waals surface area contributed by atoms with Crippen molar-refractivity contribution >= 4 is 11.0 Å². The third kappa shape index (κ3) is 1.53. The van der Waals surface area contributed by atoms with Crippen LogP contribution in [0, 0.1) is 11.3 Å². The summed E-state index contributed by atoms with van der Waals surface area (Å²) in [4.78, 5) is 0. The van der Waals surface area contributed by atoms with Crippen molar-refractivity contribution in [2.24, 2.45) is 0 Å². The normalized spacial score (nSPS) is 17.6. The van der Waals surface area contributed by atoms with Gasteiger partial charge in [0.05, 0.1) is 25.5 Å². The molecule has 1 saturated heterocycles. The Labute approximate surface area is 99.6 Å². The molecular formula is C14H13NO2. The maximum Gasteiger partial charge on any atom is 0.134 e.